The molecule has 166 valence electrons. The summed E-state index contributed by atoms with van der Waals surface area (Å²) in [6.07, 6.45) is -2.84. The summed E-state index contributed by atoms with van der Waals surface area (Å²) in [4.78, 5) is 17.6. The van der Waals surface area contributed by atoms with E-state index in [1.54, 1.807) is 36.9 Å². The van der Waals surface area contributed by atoms with Crippen LogP contribution in [0.2, 0.25) is 0 Å². The van der Waals surface area contributed by atoms with Crippen LogP contribution in [0.1, 0.15) is 47.2 Å². The van der Waals surface area contributed by atoms with Crippen LogP contribution in [0.5, 0.6) is 0 Å². The molecule has 7 nitrogen and oxygen atoms in total. The third kappa shape index (κ3) is 3.95. The van der Waals surface area contributed by atoms with Gasteiger partial charge in [0.1, 0.15) is 5.82 Å². The second kappa shape index (κ2) is 7.77. The molecule has 0 radical (unpaired) electrons. The van der Waals surface area contributed by atoms with Crippen molar-refractivity contribution >= 4 is 22.8 Å². The first-order chi connectivity index (χ1) is 15.0. The van der Waals surface area contributed by atoms with Crippen molar-refractivity contribution in [1.82, 2.24) is 24.5 Å². The van der Waals surface area contributed by atoms with Crippen LogP contribution >= 0.6 is 0 Å². The largest absolute Gasteiger partial charge is 0.416 e. The normalized spacial score (nSPS) is 12.0. The van der Waals surface area contributed by atoms with E-state index in [2.05, 4.69) is 20.5 Å². The highest BCUT2D eigenvalue weighted by atomic mass is 19.4. The van der Waals surface area contributed by atoms with Crippen LogP contribution in [-0.2, 0) is 6.18 Å². The number of aryl methyl sites for hydroxylation is 2. The van der Waals surface area contributed by atoms with Gasteiger partial charge in [0.05, 0.1) is 34.4 Å². The number of nitrogens with one attached hydrogen (secondary N) is 1. The molecule has 0 atom stereocenters. The summed E-state index contributed by atoms with van der Waals surface area (Å²) in [6.45, 7) is 7.39. The number of amides is 1. The van der Waals surface area contributed by atoms with E-state index in [1.807, 2.05) is 13.8 Å². The first-order valence-electron chi connectivity index (χ1n) is 9.95. The van der Waals surface area contributed by atoms with Crippen molar-refractivity contribution in [2.24, 2.45) is 0 Å². The first kappa shape index (κ1) is 21.5. The molecule has 10 heteroatoms. The van der Waals surface area contributed by atoms with E-state index in [0.717, 1.165) is 17.5 Å². The number of carbonyl (C=O) groups is 1. The van der Waals surface area contributed by atoms with Gasteiger partial charge in [0, 0.05) is 17.5 Å². The number of halogens is 3. The Balaban J connectivity index is 1.69. The molecular weight excluding hydrogens is 421 g/mol. The van der Waals surface area contributed by atoms with Crippen LogP contribution in [0.25, 0.3) is 16.7 Å². The second-order valence-corrected chi connectivity index (χ2v) is 7.80. The number of aromatic nitrogens is 5. The molecule has 0 aliphatic carbocycles. The third-order valence-electron chi connectivity index (χ3n) is 4.98. The molecule has 1 aromatic carbocycles. The molecule has 1 N–H and O–H groups in total. The predicted molar refractivity (Wildman–Crippen MR) is 114 cm³/mol. The van der Waals surface area contributed by atoms with Gasteiger partial charge in [-0.05, 0) is 52.0 Å². The van der Waals surface area contributed by atoms with Crippen LogP contribution < -0.4 is 5.32 Å². The lowest BCUT2D eigenvalue weighted by Gasteiger charge is -2.13. The van der Waals surface area contributed by atoms with Crippen LogP contribution in [0, 0.1) is 13.8 Å². The van der Waals surface area contributed by atoms with Gasteiger partial charge < -0.3 is 5.32 Å². The van der Waals surface area contributed by atoms with Gasteiger partial charge in [-0.3, -0.25) is 4.79 Å². The molecule has 0 aliphatic rings. The maximum Gasteiger partial charge on any atom is 0.416 e. The average molecular weight is 442 g/mol. The number of hydrogen-bond donors (Lipinski definition) is 1. The van der Waals surface area contributed by atoms with E-state index in [4.69, 9.17) is 0 Å². The van der Waals surface area contributed by atoms with Gasteiger partial charge in [-0.1, -0.05) is 6.07 Å². The van der Waals surface area contributed by atoms with Crippen LogP contribution in [0.3, 0.4) is 0 Å². The standard InChI is InChI=1S/C22H21F3N6O/c1-12(2)30-20-15(11-26-30)9-18(14(4)27-20)21(32)28-19-8-13(3)29-31(19)17-7-5-6-16(10-17)22(23,24)25/h5-12H,1-4H3,(H,28,32). The fourth-order valence-corrected chi connectivity index (χ4v) is 3.46. The van der Waals surface area contributed by atoms with Crippen molar-refractivity contribution in [3.05, 3.63) is 65.1 Å². The van der Waals surface area contributed by atoms with Gasteiger partial charge in [-0.2, -0.15) is 23.4 Å². The highest BCUT2D eigenvalue weighted by Gasteiger charge is 2.30. The van der Waals surface area contributed by atoms with Gasteiger partial charge >= 0.3 is 6.18 Å². The minimum absolute atomic E-state index is 0.115. The quantitative estimate of drug-likeness (QED) is 0.478. The van der Waals surface area contributed by atoms with Gasteiger partial charge in [-0.25, -0.2) is 14.3 Å². The SMILES string of the molecule is Cc1cc(NC(=O)c2cc3cnn(C(C)C)c3nc2C)n(-c2cccc(C(F)(F)F)c2)n1. The molecule has 0 unspecified atom stereocenters. The number of alkyl halides is 3. The Morgan fingerprint density at radius 1 is 1.12 bits per heavy atom. The smallest absolute Gasteiger partial charge is 0.306 e. The molecule has 0 bridgehead atoms. The number of hydrogen-bond acceptors (Lipinski definition) is 4. The molecule has 0 fully saturated rings. The number of nitrogens with zero attached hydrogens (tertiary/aromatic N) is 5. The molecule has 0 aliphatic heterocycles. The highest BCUT2D eigenvalue weighted by Crippen LogP contribution is 2.31. The topological polar surface area (TPSA) is 77.6 Å². The van der Waals surface area contributed by atoms with Crippen molar-refractivity contribution in [3.63, 3.8) is 0 Å². The molecule has 1 amide bonds. The van der Waals surface area contributed by atoms with Crippen LogP contribution in [0.15, 0.2) is 42.6 Å². The summed E-state index contributed by atoms with van der Waals surface area (Å²) in [7, 11) is 0. The zero-order valence-electron chi connectivity index (χ0n) is 17.9. The molecule has 3 heterocycles. The van der Waals surface area contributed by atoms with Crippen molar-refractivity contribution in [3.8, 4) is 5.69 Å². The van der Waals surface area contributed by atoms with Gasteiger partial charge in [-0.15, -0.1) is 0 Å². The minimum atomic E-state index is -4.49. The highest BCUT2D eigenvalue weighted by molar-refractivity contribution is 6.06. The second-order valence-electron chi connectivity index (χ2n) is 7.80. The Morgan fingerprint density at radius 3 is 2.56 bits per heavy atom. The summed E-state index contributed by atoms with van der Waals surface area (Å²) in [6, 6.07) is 8.18. The summed E-state index contributed by atoms with van der Waals surface area (Å²) in [5.74, 6) is -0.188. The molecule has 0 saturated heterocycles. The van der Waals surface area contributed by atoms with E-state index in [9.17, 15) is 18.0 Å². The Kier molecular flexibility index (Phi) is 5.23. The lowest BCUT2D eigenvalue weighted by atomic mass is 10.1. The van der Waals surface area contributed by atoms with Crippen molar-refractivity contribution in [2.45, 2.75) is 39.9 Å². The maximum absolute atomic E-state index is 13.1. The maximum atomic E-state index is 13.1. The molecule has 0 saturated carbocycles. The van der Waals surface area contributed by atoms with Gasteiger partial charge in [0.15, 0.2) is 5.65 Å². The molecule has 3 aromatic heterocycles. The summed E-state index contributed by atoms with van der Waals surface area (Å²) in [5.41, 5.74) is 1.47. The number of rotatable bonds is 4. The van der Waals surface area contributed by atoms with Gasteiger partial charge in [0.2, 0.25) is 0 Å². The van der Waals surface area contributed by atoms with Crippen LogP contribution in [-0.4, -0.2) is 30.5 Å². The van der Waals surface area contributed by atoms with E-state index < -0.39 is 17.6 Å². The van der Waals surface area contributed by atoms with Crippen molar-refractivity contribution < 1.29 is 18.0 Å². The van der Waals surface area contributed by atoms with E-state index in [1.165, 1.54) is 16.8 Å². The summed E-state index contributed by atoms with van der Waals surface area (Å²) < 4.78 is 42.4. The average Bonchev–Trinajstić information content (AvgIpc) is 3.29. The Morgan fingerprint density at radius 2 is 1.88 bits per heavy atom. The van der Waals surface area contributed by atoms with Crippen LogP contribution in [0.4, 0.5) is 19.0 Å². The Labute approximate surface area is 181 Å². The lowest BCUT2D eigenvalue weighted by molar-refractivity contribution is -0.137. The Hall–Kier alpha value is -3.69. The molecule has 0 spiro atoms. The van der Waals surface area contributed by atoms with Crippen molar-refractivity contribution in [1.29, 1.82) is 0 Å². The molecular formula is C22H21F3N6O. The minimum Gasteiger partial charge on any atom is -0.306 e. The first-order valence-corrected chi connectivity index (χ1v) is 9.95. The summed E-state index contributed by atoms with van der Waals surface area (Å²) >= 11 is 0. The zero-order valence-corrected chi connectivity index (χ0v) is 17.9. The Bertz CT molecular complexity index is 1320. The van der Waals surface area contributed by atoms with E-state index in [-0.39, 0.29) is 17.5 Å². The number of fused-ring (bicyclic) bond motifs is 1. The number of anilines is 1. The monoisotopic (exact) mass is 442 g/mol. The number of carbonyl (C=O) groups excluding carboxylic acids is 1. The van der Waals surface area contributed by atoms with Gasteiger partial charge in [0.25, 0.3) is 5.91 Å². The fraction of sp³-hybridized carbons (Fsp3) is 0.273. The van der Waals surface area contributed by atoms with Crippen molar-refractivity contribution in [2.75, 3.05) is 5.32 Å². The lowest BCUT2D eigenvalue weighted by Crippen LogP contribution is -2.17. The fourth-order valence-electron chi connectivity index (χ4n) is 3.46. The van der Waals surface area contributed by atoms with E-state index >= 15 is 0 Å². The molecule has 4 rings (SSSR count). The third-order valence-corrected chi connectivity index (χ3v) is 4.98. The number of pyridine rings is 1. The predicted octanol–water partition coefficient (Wildman–Crippen LogP) is 5.09. The van der Waals surface area contributed by atoms with E-state index in [0.29, 0.717) is 22.6 Å². The molecule has 32 heavy (non-hydrogen) atoms. The number of benzene rings is 1. The summed E-state index contributed by atoms with van der Waals surface area (Å²) in [5, 5.41) is 12.0. The zero-order chi connectivity index (χ0) is 23.2. The molecule has 4 aromatic rings.